The Morgan fingerprint density at radius 1 is 1.70 bits per heavy atom. The topological polar surface area (TPSA) is 50.9 Å². The molecule has 0 radical (unpaired) electrons. The third-order valence-corrected chi connectivity index (χ3v) is 1.60. The summed E-state index contributed by atoms with van der Waals surface area (Å²) in [5, 5.41) is 12.1. The highest BCUT2D eigenvalue weighted by Gasteiger charge is 1.86. The minimum atomic E-state index is 0.694. The minimum absolute atomic E-state index is 0.694. The molecule has 0 bridgehead atoms. The zero-order valence-electron chi connectivity index (χ0n) is 5.21. The Hall–Kier alpha value is -0.970. The number of aliphatic hydroxyl groups excluding tert-OH is 1. The molecule has 54 valence electrons. The fourth-order valence-electron chi connectivity index (χ4n) is 0.426. The molecule has 0 fully saturated rings. The molecule has 0 spiro atoms. The molecular weight excluding hydrogens is 150 g/mol. The Bertz CT molecular complexity index is 197. The summed E-state index contributed by atoms with van der Waals surface area (Å²) in [6.45, 7) is 0. The van der Waals surface area contributed by atoms with Crippen molar-refractivity contribution >= 4 is 11.9 Å². The van der Waals surface area contributed by atoms with Gasteiger partial charge in [-0.1, -0.05) is 0 Å². The summed E-state index contributed by atoms with van der Waals surface area (Å²) in [6, 6.07) is 0. The Labute approximate surface area is 62.7 Å². The van der Waals surface area contributed by atoms with Crippen LogP contribution in [0, 0.1) is 0 Å². The van der Waals surface area contributed by atoms with Crippen LogP contribution in [0.25, 0.3) is 0 Å². The zero-order valence-corrected chi connectivity index (χ0v) is 6.03. The summed E-state index contributed by atoms with van der Waals surface area (Å²) in [7, 11) is 0. The second kappa shape index (κ2) is 3.94. The van der Waals surface area contributed by atoms with E-state index in [2.05, 4.69) is 10.1 Å². The smallest absolute Gasteiger partial charge is 0.138 e. The van der Waals surface area contributed by atoms with Crippen molar-refractivity contribution in [2.45, 2.75) is 0 Å². The monoisotopic (exact) mass is 157 g/mol. The maximum Gasteiger partial charge on any atom is 0.138 e. The molecule has 1 rings (SSSR count). The molecule has 1 aromatic heterocycles. The lowest BCUT2D eigenvalue weighted by Crippen LogP contribution is -1.86. The highest BCUT2D eigenvalue weighted by molar-refractivity contribution is 7.97. The predicted molar refractivity (Wildman–Crippen MR) is 39.6 cm³/mol. The lowest BCUT2D eigenvalue weighted by molar-refractivity contribution is 0.473. The van der Waals surface area contributed by atoms with Gasteiger partial charge in [-0.2, -0.15) is 4.09 Å². The molecule has 10 heavy (non-hydrogen) atoms. The van der Waals surface area contributed by atoms with Crippen LogP contribution in [0.15, 0.2) is 25.0 Å². The first-order valence-corrected chi connectivity index (χ1v) is 3.65. The van der Waals surface area contributed by atoms with Gasteiger partial charge in [0.25, 0.3) is 0 Å². The molecule has 0 saturated carbocycles. The van der Waals surface area contributed by atoms with E-state index in [1.165, 1.54) is 18.3 Å². The minimum Gasteiger partial charge on any atom is -0.516 e. The van der Waals surface area contributed by atoms with E-state index < -0.39 is 0 Å². The lowest BCUT2D eigenvalue weighted by Gasteiger charge is -1.91. The SMILES string of the molecule is OC=CCSn1cncn1. The van der Waals surface area contributed by atoms with E-state index in [0.29, 0.717) is 5.75 Å². The van der Waals surface area contributed by atoms with E-state index in [-0.39, 0.29) is 0 Å². The van der Waals surface area contributed by atoms with Crippen LogP contribution in [-0.4, -0.2) is 25.0 Å². The Morgan fingerprint density at radius 2 is 2.60 bits per heavy atom. The maximum atomic E-state index is 8.26. The Kier molecular flexibility index (Phi) is 2.82. The Morgan fingerprint density at radius 3 is 3.20 bits per heavy atom. The lowest BCUT2D eigenvalue weighted by atomic mass is 10.7. The highest BCUT2D eigenvalue weighted by Crippen LogP contribution is 2.00. The largest absolute Gasteiger partial charge is 0.516 e. The standard InChI is InChI=1S/C5H7N3OS/c9-2-1-3-10-8-5-6-4-7-8/h1-2,4-5,9H,3H2. The first kappa shape index (κ1) is 7.14. The van der Waals surface area contributed by atoms with Crippen LogP contribution in [0.4, 0.5) is 0 Å². The van der Waals surface area contributed by atoms with Crippen molar-refractivity contribution in [3.8, 4) is 0 Å². The zero-order chi connectivity index (χ0) is 7.23. The van der Waals surface area contributed by atoms with Gasteiger partial charge >= 0.3 is 0 Å². The molecule has 0 atom stereocenters. The van der Waals surface area contributed by atoms with E-state index >= 15 is 0 Å². The van der Waals surface area contributed by atoms with Crippen molar-refractivity contribution in [3.63, 3.8) is 0 Å². The molecule has 1 aromatic rings. The summed E-state index contributed by atoms with van der Waals surface area (Å²) < 4.78 is 1.62. The number of aromatic nitrogens is 3. The summed E-state index contributed by atoms with van der Waals surface area (Å²) in [5.41, 5.74) is 0. The molecule has 0 aliphatic rings. The van der Waals surface area contributed by atoms with Gasteiger partial charge in [-0.05, 0) is 18.0 Å². The number of nitrogens with zero attached hydrogens (tertiary/aromatic N) is 3. The van der Waals surface area contributed by atoms with Gasteiger partial charge in [0.1, 0.15) is 12.7 Å². The van der Waals surface area contributed by atoms with Crippen molar-refractivity contribution < 1.29 is 5.11 Å². The van der Waals surface area contributed by atoms with Gasteiger partial charge in [0.2, 0.25) is 0 Å². The van der Waals surface area contributed by atoms with E-state index in [9.17, 15) is 0 Å². The number of aliphatic hydroxyl groups is 1. The van der Waals surface area contributed by atoms with E-state index in [1.807, 2.05) is 0 Å². The Balaban J connectivity index is 2.28. The molecule has 1 N–H and O–H groups in total. The van der Waals surface area contributed by atoms with Crippen molar-refractivity contribution in [3.05, 3.63) is 25.0 Å². The van der Waals surface area contributed by atoms with Gasteiger partial charge in [-0.15, -0.1) is 5.10 Å². The van der Waals surface area contributed by atoms with Crippen LogP contribution < -0.4 is 0 Å². The van der Waals surface area contributed by atoms with E-state index in [4.69, 9.17) is 5.11 Å². The van der Waals surface area contributed by atoms with Crippen molar-refractivity contribution in [2.75, 3.05) is 5.75 Å². The van der Waals surface area contributed by atoms with Crippen molar-refractivity contribution in [2.24, 2.45) is 0 Å². The normalized spacial score (nSPS) is 10.8. The summed E-state index contributed by atoms with van der Waals surface area (Å²) in [4.78, 5) is 3.75. The summed E-state index contributed by atoms with van der Waals surface area (Å²) in [5.74, 6) is 0.694. The molecule has 0 aliphatic heterocycles. The van der Waals surface area contributed by atoms with Crippen LogP contribution in [0.5, 0.6) is 0 Å². The fourth-order valence-corrected chi connectivity index (χ4v) is 0.981. The average molecular weight is 157 g/mol. The molecule has 0 aromatic carbocycles. The van der Waals surface area contributed by atoms with Crippen molar-refractivity contribution in [1.82, 2.24) is 14.2 Å². The van der Waals surface area contributed by atoms with Crippen LogP contribution in [0.3, 0.4) is 0 Å². The second-order valence-electron chi connectivity index (χ2n) is 1.48. The number of hydrogen-bond donors (Lipinski definition) is 1. The van der Waals surface area contributed by atoms with Crippen LogP contribution >= 0.6 is 11.9 Å². The average Bonchev–Trinajstić information content (AvgIpc) is 2.41. The highest BCUT2D eigenvalue weighted by atomic mass is 32.2. The first-order valence-electron chi connectivity index (χ1n) is 2.70. The van der Waals surface area contributed by atoms with E-state index in [0.717, 1.165) is 6.26 Å². The van der Waals surface area contributed by atoms with Crippen LogP contribution in [0.2, 0.25) is 0 Å². The third-order valence-electron chi connectivity index (χ3n) is 0.806. The predicted octanol–water partition coefficient (Wildman–Crippen LogP) is 0.846. The second-order valence-corrected chi connectivity index (χ2v) is 2.44. The molecule has 1 heterocycles. The fraction of sp³-hybridized carbons (Fsp3) is 0.200. The summed E-state index contributed by atoms with van der Waals surface area (Å²) in [6.07, 6.45) is 5.72. The van der Waals surface area contributed by atoms with Crippen molar-refractivity contribution in [1.29, 1.82) is 0 Å². The first-order chi connectivity index (χ1) is 4.93. The van der Waals surface area contributed by atoms with Gasteiger partial charge in [-0.25, -0.2) is 4.98 Å². The molecular formula is C5H7N3OS. The van der Waals surface area contributed by atoms with Crippen LogP contribution in [-0.2, 0) is 0 Å². The molecule has 0 amide bonds. The quantitative estimate of drug-likeness (QED) is 0.661. The van der Waals surface area contributed by atoms with Gasteiger partial charge in [0.15, 0.2) is 0 Å². The number of hydrogen-bond acceptors (Lipinski definition) is 4. The molecule has 0 saturated heterocycles. The molecule has 0 aliphatic carbocycles. The third kappa shape index (κ3) is 2.10. The maximum absolute atomic E-state index is 8.26. The van der Waals surface area contributed by atoms with E-state index in [1.54, 1.807) is 16.5 Å². The molecule has 5 heteroatoms. The number of rotatable bonds is 3. The van der Waals surface area contributed by atoms with Gasteiger partial charge < -0.3 is 5.11 Å². The molecule has 0 unspecified atom stereocenters. The van der Waals surface area contributed by atoms with Gasteiger partial charge in [0.05, 0.1) is 6.26 Å². The van der Waals surface area contributed by atoms with Crippen LogP contribution in [0.1, 0.15) is 0 Å². The summed E-state index contributed by atoms with van der Waals surface area (Å²) >= 11 is 1.45. The van der Waals surface area contributed by atoms with Gasteiger partial charge in [-0.3, -0.25) is 0 Å². The molecule has 4 nitrogen and oxygen atoms in total. The van der Waals surface area contributed by atoms with Gasteiger partial charge in [0, 0.05) is 5.75 Å².